The molecule has 2 aliphatic heterocycles. The minimum absolute atomic E-state index is 0.0950. The lowest BCUT2D eigenvalue weighted by Crippen LogP contribution is -2.55. The van der Waals surface area contributed by atoms with Gasteiger partial charge in [0.2, 0.25) is 0 Å². The molecule has 2 aliphatic rings. The topological polar surface area (TPSA) is 18.5 Å². The summed E-state index contributed by atoms with van der Waals surface area (Å²) >= 11 is 0. The Bertz CT molecular complexity index is 1950. The van der Waals surface area contributed by atoms with Crippen LogP contribution in [-0.2, 0) is 0 Å². The third-order valence-electron chi connectivity index (χ3n) is 8.75. The van der Waals surface area contributed by atoms with E-state index in [1.807, 2.05) is 12.1 Å². The molecule has 0 amide bonds. The molecule has 0 radical (unpaired) electrons. The maximum absolute atomic E-state index is 6.57. The van der Waals surface area contributed by atoms with E-state index in [1.165, 1.54) is 49.5 Å². The van der Waals surface area contributed by atoms with Crippen LogP contribution in [0.25, 0.3) is 11.1 Å². The van der Waals surface area contributed by atoms with E-state index in [2.05, 4.69) is 135 Å². The summed E-state index contributed by atoms with van der Waals surface area (Å²) in [6, 6.07) is 47.6. The van der Waals surface area contributed by atoms with E-state index < -0.39 is 0 Å². The van der Waals surface area contributed by atoms with Gasteiger partial charge in [-0.2, -0.15) is 0 Å². The number of ether oxygens (including phenoxy) is 2. The van der Waals surface area contributed by atoms with Gasteiger partial charge in [-0.3, -0.25) is 0 Å². The third kappa shape index (κ3) is 4.06. The Morgan fingerprint density at radius 3 is 1.62 bits per heavy atom. The molecule has 0 saturated carbocycles. The van der Waals surface area contributed by atoms with Gasteiger partial charge in [-0.15, -0.1) is 0 Å². The SMILES string of the molecule is Cc1cccc(B2c3ccccc3Oc3cc(-c4ccc(C)c(B5c6ccccc6Oc6ccccc65)c4)ccc32)c1. The Kier molecular flexibility index (Phi) is 5.82. The summed E-state index contributed by atoms with van der Waals surface area (Å²) < 4.78 is 12.9. The lowest BCUT2D eigenvalue weighted by Gasteiger charge is -2.28. The van der Waals surface area contributed by atoms with Gasteiger partial charge in [0.25, 0.3) is 13.4 Å². The van der Waals surface area contributed by atoms with Crippen molar-refractivity contribution in [2.45, 2.75) is 13.8 Å². The fourth-order valence-corrected chi connectivity index (χ4v) is 6.72. The maximum Gasteiger partial charge on any atom is 0.251 e. The Morgan fingerprint density at radius 1 is 0.405 bits per heavy atom. The van der Waals surface area contributed by atoms with E-state index in [-0.39, 0.29) is 13.4 Å². The zero-order chi connectivity index (χ0) is 28.2. The summed E-state index contributed by atoms with van der Waals surface area (Å²) in [5, 5.41) is 0. The molecule has 0 bridgehead atoms. The predicted molar refractivity (Wildman–Crippen MR) is 177 cm³/mol. The van der Waals surface area contributed by atoms with Crippen molar-refractivity contribution in [3.05, 3.63) is 145 Å². The van der Waals surface area contributed by atoms with Crippen LogP contribution in [0.1, 0.15) is 11.1 Å². The molecule has 0 saturated heterocycles. The predicted octanol–water partition coefficient (Wildman–Crippen LogP) is 5.21. The van der Waals surface area contributed by atoms with Gasteiger partial charge in [0.1, 0.15) is 23.0 Å². The molecule has 0 unspecified atom stereocenters. The number of para-hydroxylation sites is 3. The first kappa shape index (κ1) is 24.8. The molecule has 0 aromatic heterocycles. The molecule has 0 atom stereocenters. The summed E-state index contributed by atoms with van der Waals surface area (Å²) in [5.74, 6) is 3.69. The second-order valence-electron chi connectivity index (χ2n) is 11.4. The van der Waals surface area contributed by atoms with Crippen LogP contribution >= 0.6 is 0 Å². The molecule has 42 heavy (non-hydrogen) atoms. The van der Waals surface area contributed by atoms with Crippen LogP contribution in [0.2, 0.25) is 0 Å². The molecule has 6 aromatic rings. The number of hydrogen-bond donors (Lipinski definition) is 0. The summed E-state index contributed by atoms with van der Waals surface area (Å²) in [6.45, 7) is 4.59. The number of aryl methyl sites for hydroxylation is 2. The minimum Gasteiger partial charge on any atom is -0.458 e. The first-order valence-corrected chi connectivity index (χ1v) is 14.6. The van der Waals surface area contributed by atoms with Crippen molar-refractivity contribution in [1.82, 2.24) is 0 Å². The fraction of sp³-hybridized carbons (Fsp3) is 0.0526. The average Bonchev–Trinajstić information content (AvgIpc) is 3.02. The van der Waals surface area contributed by atoms with Gasteiger partial charge < -0.3 is 9.47 Å². The number of hydrogen-bond acceptors (Lipinski definition) is 2. The van der Waals surface area contributed by atoms with Crippen LogP contribution in [0.5, 0.6) is 23.0 Å². The third-order valence-corrected chi connectivity index (χ3v) is 8.75. The first-order valence-electron chi connectivity index (χ1n) is 14.6. The summed E-state index contributed by atoms with van der Waals surface area (Å²) in [7, 11) is 0. The first-order chi connectivity index (χ1) is 20.6. The van der Waals surface area contributed by atoms with Crippen molar-refractivity contribution in [3.8, 4) is 34.1 Å². The minimum atomic E-state index is 0.0950. The lowest BCUT2D eigenvalue weighted by molar-refractivity contribution is 0.487. The van der Waals surface area contributed by atoms with Gasteiger partial charge in [-0.25, -0.2) is 0 Å². The van der Waals surface area contributed by atoms with Gasteiger partial charge in [0.05, 0.1) is 0 Å². The molecule has 0 fully saturated rings. The smallest absolute Gasteiger partial charge is 0.251 e. The van der Waals surface area contributed by atoms with Crippen molar-refractivity contribution >= 4 is 46.2 Å². The van der Waals surface area contributed by atoms with Gasteiger partial charge >= 0.3 is 0 Å². The zero-order valence-electron chi connectivity index (χ0n) is 23.7. The number of fused-ring (bicyclic) bond motifs is 4. The fourth-order valence-electron chi connectivity index (χ4n) is 6.72. The van der Waals surface area contributed by atoms with Crippen molar-refractivity contribution in [2.24, 2.45) is 0 Å². The van der Waals surface area contributed by atoms with Crippen LogP contribution in [0.15, 0.2) is 133 Å². The van der Waals surface area contributed by atoms with Gasteiger partial charge in [0, 0.05) is 0 Å². The summed E-state index contributed by atoms with van der Waals surface area (Å²) in [5.41, 5.74) is 12.2. The molecular formula is C38H28B2O2. The Hall–Kier alpha value is -4.95. The Morgan fingerprint density at radius 2 is 0.952 bits per heavy atom. The Balaban J connectivity index is 1.25. The second-order valence-corrected chi connectivity index (χ2v) is 11.4. The van der Waals surface area contributed by atoms with Gasteiger partial charge in [-0.05, 0) is 71.1 Å². The van der Waals surface area contributed by atoms with Crippen LogP contribution in [0.4, 0.5) is 0 Å². The van der Waals surface area contributed by atoms with E-state index >= 15 is 0 Å². The number of rotatable bonds is 3. The van der Waals surface area contributed by atoms with E-state index in [0.717, 1.165) is 28.6 Å². The van der Waals surface area contributed by atoms with Crippen LogP contribution in [0, 0.1) is 13.8 Å². The molecular weight excluding hydrogens is 510 g/mol. The van der Waals surface area contributed by atoms with E-state index in [4.69, 9.17) is 9.47 Å². The standard InChI is InChI=1S/C38H28B2O2/c1-25-10-9-11-29(22-25)39-30-12-3-6-15-35(30)42-38-24-28(20-21-33(38)39)27-19-18-26(2)34(23-27)40-31-13-4-7-16-36(31)41-37-17-8-5-14-32(37)40/h3-24H,1-2H3. The Labute approximate surface area is 247 Å². The van der Waals surface area contributed by atoms with E-state index in [9.17, 15) is 0 Å². The van der Waals surface area contributed by atoms with Crippen LogP contribution in [-0.4, -0.2) is 13.4 Å². The highest BCUT2D eigenvalue weighted by molar-refractivity contribution is 6.97. The molecule has 0 spiro atoms. The highest BCUT2D eigenvalue weighted by Gasteiger charge is 2.34. The second kappa shape index (κ2) is 9.85. The zero-order valence-corrected chi connectivity index (χ0v) is 23.7. The lowest BCUT2D eigenvalue weighted by atomic mass is 9.35. The van der Waals surface area contributed by atoms with Crippen LogP contribution < -0.4 is 42.3 Å². The summed E-state index contributed by atoms with van der Waals surface area (Å²) in [6.07, 6.45) is 0. The van der Waals surface area contributed by atoms with Crippen molar-refractivity contribution in [2.75, 3.05) is 0 Å². The van der Waals surface area contributed by atoms with Gasteiger partial charge in [-0.1, -0.05) is 131 Å². The molecule has 198 valence electrons. The molecule has 2 nitrogen and oxygen atoms in total. The molecule has 6 aromatic carbocycles. The van der Waals surface area contributed by atoms with Gasteiger partial charge in [0.15, 0.2) is 0 Å². The average molecular weight is 538 g/mol. The molecule has 8 rings (SSSR count). The summed E-state index contributed by atoms with van der Waals surface area (Å²) in [4.78, 5) is 0. The molecule has 0 aliphatic carbocycles. The van der Waals surface area contributed by atoms with E-state index in [1.54, 1.807) is 0 Å². The van der Waals surface area contributed by atoms with Crippen LogP contribution in [0.3, 0.4) is 0 Å². The molecule has 4 heteroatoms. The largest absolute Gasteiger partial charge is 0.458 e. The quantitative estimate of drug-likeness (QED) is 0.288. The normalized spacial score (nSPS) is 12.8. The monoisotopic (exact) mass is 538 g/mol. The van der Waals surface area contributed by atoms with Crippen molar-refractivity contribution < 1.29 is 9.47 Å². The maximum atomic E-state index is 6.57. The highest BCUT2D eigenvalue weighted by Crippen LogP contribution is 2.30. The highest BCUT2D eigenvalue weighted by atomic mass is 16.5. The van der Waals surface area contributed by atoms with Crippen molar-refractivity contribution in [1.29, 1.82) is 0 Å². The van der Waals surface area contributed by atoms with Crippen molar-refractivity contribution in [3.63, 3.8) is 0 Å². The molecule has 0 N–H and O–H groups in total. The van der Waals surface area contributed by atoms with E-state index in [0.29, 0.717) is 0 Å². The number of benzene rings is 6. The molecule has 2 heterocycles.